The molecule has 1 amide bonds. The van der Waals surface area contributed by atoms with Gasteiger partial charge in [0.2, 0.25) is 5.91 Å². The van der Waals surface area contributed by atoms with Crippen LogP contribution in [0.3, 0.4) is 0 Å². The van der Waals surface area contributed by atoms with E-state index >= 15 is 0 Å². The molecule has 1 aliphatic carbocycles. The molecule has 1 aromatic heterocycles. The maximum Gasteiger partial charge on any atom is 0.223 e. The summed E-state index contributed by atoms with van der Waals surface area (Å²) in [5.41, 5.74) is 3.06. The summed E-state index contributed by atoms with van der Waals surface area (Å²) in [5, 5.41) is 14.3. The Morgan fingerprint density at radius 3 is 2.74 bits per heavy atom. The Labute approximate surface area is 208 Å². The standard InChI is InChI=1S/C27H40N6O2/c1-4-22(34)8-6-5-7-9-24(32-27(35)19-12-14-33(3)15-13-19)26-30-18-25(31-26)20-10-11-23(28)21(16-20)17-29-2/h10-11,16-19,24,28-29H,4-9,12-15H2,1-3H3,(H,30,31)(H,32,35)/b21-17-,28-23?/t24-/m0/s1. The number of carbonyl (C=O) groups excluding carboxylic acids is 2. The second kappa shape index (κ2) is 13.2. The fourth-order valence-electron chi connectivity index (χ4n) is 4.53. The van der Waals surface area contributed by atoms with Crippen molar-refractivity contribution in [2.45, 2.75) is 64.3 Å². The largest absolute Gasteiger partial charge is 0.393 e. The van der Waals surface area contributed by atoms with Gasteiger partial charge in [0.25, 0.3) is 0 Å². The zero-order chi connectivity index (χ0) is 25.2. The van der Waals surface area contributed by atoms with E-state index in [4.69, 9.17) is 5.41 Å². The van der Waals surface area contributed by atoms with Crippen molar-refractivity contribution in [2.75, 3.05) is 27.2 Å². The SMILES string of the molecule is CCC(=O)CCCCC[C@H](NC(=O)C1CCN(C)CC1)c1ncc(C2=C/C(=C/NC)C(=N)C=C2)[nH]1. The zero-order valence-electron chi connectivity index (χ0n) is 21.3. The molecule has 1 aliphatic heterocycles. The lowest BCUT2D eigenvalue weighted by Gasteiger charge is -2.29. The first-order valence-corrected chi connectivity index (χ1v) is 12.8. The number of ketones is 1. The summed E-state index contributed by atoms with van der Waals surface area (Å²) in [4.78, 5) is 35.0. The monoisotopic (exact) mass is 480 g/mol. The zero-order valence-corrected chi connectivity index (χ0v) is 21.3. The first-order chi connectivity index (χ1) is 16.9. The van der Waals surface area contributed by atoms with Crippen LogP contribution < -0.4 is 10.6 Å². The molecule has 35 heavy (non-hydrogen) atoms. The number of Topliss-reactive ketones (excluding diaryl/α,β-unsaturated/α-hetero) is 1. The molecule has 0 radical (unpaired) electrons. The molecule has 0 spiro atoms. The number of nitrogens with one attached hydrogen (secondary N) is 4. The van der Waals surface area contributed by atoms with Crippen LogP contribution in [0.2, 0.25) is 0 Å². The van der Waals surface area contributed by atoms with Crippen molar-refractivity contribution in [1.29, 1.82) is 5.41 Å². The number of nitrogens with zero attached hydrogens (tertiary/aromatic N) is 2. The van der Waals surface area contributed by atoms with Crippen molar-refractivity contribution in [1.82, 2.24) is 25.5 Å². The molecule has 0 aromatic carbocycles. The molecule has 4 N–H and O–H groups in total. The Kier molecular flexibility index (Phi) is 10.0. The molecule has 8 nitrogen and oxygen atoms in total. The van der Waals surface area contributed by atoms with E-state index in [-0.39, 0.29) is 17.9 Å². The van der Waals surface area contributed by atoms with Crippen molar-refractivity contribution in [3.63, 3.8) is 0 Å². The summed E-state index contributed by atoms with van der Waals surface area (Å²) in [6.07, 6.45) is 15.7. The van der Waals surface area contributed by atoms with Gasteiger partial charge >= 0.3 is 0 Å². The van der Waals surface area contributed by atoms with Gasteiger partial charge in [-0.25, -0.2) is 4.98 Å². The van der Waals surface area contributed by atoms with Crippen LogP contribution in [0.4, 0.5) is 0 Å². The van der Waals surface area contributed by atoms with E-state index < -0.39 is 0 Å². The number of likely N-dealkylation sites (tertiary alicyclic amines) is 1. The van der Waals surface area contributed by atoms with Crippen LogP contribution in [0.15, 0.2) is 36.2 Å². The maximum atomic E-state index is 13.1. The van der Waals surface area contributed by atoms with Crippen molar-refractivity contribution in [3.8, 4) is 0 Å². The molecule has 0 unspecified atom stereocenters. The first-order valence-electron chi connectivity index (χ1n) is 12.8. The average molecular weight is 481 g/mol. The van der Waals surface area contributed by atoms with E-state index in [1.165, 1.54) is 0 Å². The number of allylic oxidation sites excluding steroid dienone is 5. The van der Waals surface area contributed by atoms with Crippen molar-refractivity contribution < 1.29 is 9.59 Å². The van der Waals surface area contributed by atoms with E-state index in [9.17, 15) is 9.59 Å². The molecule has 8 heteroatoms. The highest BCUT2D eigenvalue weighted by atomic mass is 16.2. The van der Waals surface area contributed by atoms with Crippen LogP contribution in [0.5, 0.6) is 0 Å². The van der Waals surface area contributed by atoms with E-state index in [0.717, 1.165) is 74.3 Å². The molecule has 3 rings (SSSR count). The van der Waals surface area contributed by atoms with Gasteiger partial charge in [0.05, 0.1) is 23.6 Å². The number of carbonyl (C=O) groups is 2. The van der Waals surface area contributed by atoms with Gasteiger partial charge in [0.15, 0.2) is 0 Å². The van der Waals surface area contributed by atoms with Gasteiger partial charge in [-0.15, -0.1) is 0 Å². The predicted octanol–water partition coefficient (Wildman–Crippen LogP) is 3.91. The summed E-state index contributed by atoms with van der Waals surface area (Å²) in [5.74, 6) is 1.20. The van der Waals surface area contributed by atoms with Crippen molar-refractivity contribution >= 4 is 23.0 Å². The van der Waals surface area contributed by atoms with Crippen LogP contribution >= 0.6 is 0 Å². The fourth-order valence-corrected chi connectivity index (χ4v) is 4.53. The van der Waals surface area contributed by atoms with Gasteiger partial charge in [-0.05, 0) is 58.0 Å². The van der Waals surface area contributed by atoms with Gasteiger partial charge in [0.1, 0.15) is 11.6 Å². The topological polar surface area (TPSA) is 114 Å². The second-order valence-corrected chi connectivity index (χ2v) is 9.55. The van der Waals surface area contributed by atoms with Gasteiger partial charge in [-0.2, -0.15) is 0 Å². The van der Waals surface area contributed by atoms with Gasteiger partial charge < -0.3 is 25.9 Å². The summed E-state index contributed by atoms with van der Waals surface area (Å²) in [6.45, 7) is 3.79. The highest BCUT2D eigenvalue weighted by Gasteiger charge is 2.27. The summed E-state index contributed by atoms with van der Waals surface area (Å²) >= 11 is 0. The molecule has 2 heterocycles. The Morgan fingerprint density at radius 1 is 1.26 bits per heavy atom. The molecule has 1 saturated heterocycles. The number of hydrogen-bond acceptors (Lipinski definition) is 6. The number of piperidine rings is 1. The molecule has 1 atom stereocenters. The lowest BCUT2D eigenvalue weighted by Crippen LogP contribution is -2.40. The lowest BCUT2D eigenvalue weighted by molar-refractivity contribution is -0.127. The van der Waals surface area contributed by atoms with E-state index in [1.54, 1.807) is 18.5 Å². The lowest BCUT2D eigenvalue weighted by atomic mass is 9.95. The molecule has 190 valence electrons. The van der Waals surface area contributed by atoms with E-state index in [0.29, 0.717) is 24.3 Å². The van der Waals surface area contributed by atoms with Crippen molar-refractivity contribution in [3.05, 3.63) is 47.7 Å². The number of aromatic nitrogens is 2. The highest BCUT2D eigenvalue weighted by molar-refractivity contribution is 6.12. The average Bonchev–Trinajstić information content (AvgIpc) is 3.35. The predicted molar refractivity (Wildman–Crippen MR) is 140 cm³/mol. The molecule has 0 bridgehead atoms. The Morgan fingerprint density at radius 2 is 2.03 bits per heavy atom. The highest BCUT2D eigenvalue weighted by Crippen LogP contribution is 2.26. The number of aromatic amines is 1. The number of H-pyrrole nitrogens is 1. The third kappa shape index (κ3) is 7.75. The molecule has 0 saturated carbocycles. The van der Waals surface area contributed by atoms with Crippen LogP contribution in [-0.2, 0) is 9.59 Å². The smallest absolute Gasteiger partial charge is 0.223 e. The van der Waals surface area contributed by atoms with Gasteiger partial charge in [-0.1, -0.05) is 25.8 Å². The van der Waals surface area contributed by atoms with Crippen LogP contribution in [0, 0.1) is 11.3 Å². The second-order valence-electron chi connectivity index (χ2n) is 9.55. The molecular weight excluding hydrogens is 440 g/mol. The Bertz CT molecular complexity index is 982. The summed E-state index contributed by atoms with van der Waals surface area (Å²) in [6, 6.07) is -0.198. The molecule has 1 fully saturated rings. The molecule has 1 aromatic rings. The minimum Gasteiger partial charge on any atom is -0.393 e. The number of rotatable bonds is 12. The van der Waals surface area contributed by atoms with Crippen LogP contribution in [0.25, 0.3) is 5.57 Å². The minimum absolute atomic E-state index is 0.0366. The summed E-state index contributed by atoms with van der Waals surface area (Å²) in [7, 11) is 3.91. The fraction of sp³-hybridized carbons (Fsp3) is 0.556. The first kappa shape index (κ1) is 26.6. The van der Waals surface area contributed by atoms with E-state index in [2.05, 4.69) is 32.5 Å². The number of amides is 1. The minimum atomic E-state index is -0.198. The normalized spacial score (nSPS) is 19.0. The number of unbranched alkanes of at least 4 members (excludes halogenated alkanes) is 2. The van der Waals surface area contributed by atoms with Crippen LogP contribution in [-0.4, -0.2) is 59.5 Å². The van der Waals surface area contributed by atoms with Crippen LogP contribution in [0.1, 0.15) is 75.9 Å². The quantitative estimate of drug-likeness (QED) is 0.339. The molecule has 2 aliphatic rings. The van der Waals surface area contributed by atoms with Gasteiger partial charge in [-0.3, -0.25) is 9.59 Å². The molecular formula is C27H40N6O2. The Hall–Kier alpha value is -3.00. The maximum absolute atomic E-state index is 13.1. The number of imidazole rings is 1. The van der Waals surface area contributed by atoms with Crippen molar-refractivity contribution in [2.24, 2.45) is 5.92 Å². The Balaban J connectivity index is 1.70. The van der Waals surface area contributed by atoms with Gasteiger partial charge in [0, 0.05) is 43.2 Å². The summed E-state index contributed by atoms with van der Waals surface area (Å²) < 4.78 is 0. The number of hydrogen-bond donors (Lipinski definition) is 4. The third-order valence-corrected chi connectivity index (χ3v) is 6.84. The van der Waals surface area contributed by atoms with E-state index in [1.807, 2.05) is 26.1 Å². The third-order valence-electron chi connectivity index (χ3n) is 6.84.